The molecule has 0 saturated carbocycles. The largest absolute Gasteiger partial charge is 0.480 e. The Morgan fingerprint density at radius 3 is 2.05 bits per heavy atom. The summed E-state index contributed by atoms with van der Waals surface area (Å²) < 4.78 is 6.01. The lowest BCUT2D eigenvalue weighted by molar-refractivity contribution is -0.144. The third-order valence-electron chi connectivity index (χ3n) is 12.3. The Bertz CT molecular complexity index is 1410. The number of benzene rings is 1. The van der Waals surface area contributed by atoms with Gasteiger partial charge in [0, 0.05) is 56.7 Å². The lowest BCUT2D eigenvalue weighted by Gasteiger charge is -2.42. The molecule has 9 atom stereocenters. The van der Waals surface area contributed by atoms with Crippen LogP contribution < -0.4 is 5.32 Å². The van der Waals surface area contributed by atoms with E-state index in [4.69, 9.17) is 4.74 Å². The third kappa shape index (κ3) is 12.9. The third-order valence-corrected chi connectivity index (χ3v) is 12.3. The number of nitrogens with one attached hydrogen (secondary N) is 1. The number of hydrogen-bond acceptors (Lipinski definition) is 7. The number of likely N-dealkylation sites (tertiary alicyclic amines) is 1. The van der Waals surface area contributed by atoms with Gasteiger partial charge in [-0.15, -0.1) is 0 Å². The molecule has 55 heavy (non-hydrogen) atoms. The van der Waals surface area contributed by atoms with Crippen LogP contribution in [-0.4, -0.2) is 107 Å². The second-order valence-electron chi connectivity index (χ2n) is 18.0. The number of likely N-dealkylation sites (N-methyl/N-ethyl adjacent to an activating group) is 1. The molecule has 1 heterocycles. The number of methoxy groups -OCH3 is 1. The fourth-order valence-electron chi connectivity index (χ4n) is 8.71. The first kappa shape index (κ1) is 47.9. The Morgan fingerprint density at radius 2 is 1.56 bits per heavy atom. The number of aliphatic carboxylic acids is 1. The first-order valence-corrected chi connectivity index (χ1v) is 20.6. The van der Waals surface area contributed by atoms with Crippen LogP contribution in [-0.2, 0) is 30.3 Å². The number of Topliss-reactive ketones (excluding diaryl/α,β-unsaturated/α-hetero) is 1. The molecular weight excluding hydrogens is 693 g/mol. The molecule has 10 nitrogen and oxygen atoms in total. The van der Waals surface area contributed by atoms with Crippen molar-refractivity contribution in [2.75, 3.05) is 27.7 Å². The summed E-state index contributed by atoms with van der Waals surface area (Å²) in [7, 11) is 5.52. The Kier molecular flexibility index (Phi) is 18.6. The summed E-state index contributed by atoms with van der Waals surface area (Å²) in [5, 5.41) is 12.7. The number of amides is 2. The number of nitrogens with zero attached hydrogens (tertiary/aromatic N) is 3. The van der Waals surface area contributed by atoms with Gasteiger partial charge in [-0.05, 0) is 76.3 Å². The number of allylic oxidation sites excluding steroid dienone is 1. The number of ether oxygens (including phenoxy) is 1. The molecule has 0 aliphatic carbocycles. The van der Waals surface area contributed by atoms with Gasteiger partial charge in [0.15, 0.2) is 5.78 Å². The molecule has 9 unspecified atom stereocenters. The highest BCUT2D eigenvalue weighted by atomic mass is 16.5. The molecule has 0 radical (unpaired) electrons. The smallest absolute Gasteiger partial charge is 0.326 e. The molecule has 1 fully saturated rings. The molecule has 1 aliphatic rings. The second-order valence-corrected chi connectivity index (χ2v) is 18.0. The summed E-state index contributed by atoms with van der Waals surface area (Å²) in [4.78, 5) is 60.4. The van der Waals surface area contributed by atoms with Gasteiger partial charge in [-0.3, -0.25) is 19.3 Å². The van der Waals surface area contributed by atoms with Crippen molar-refractivity contribution >= 4 is 23.6 Å². The number of carbonyl (C=O) groups excluding carboxylic acids is 3. The van der Waals surface area contributed by atoms with Gasteiger partial charge in [0.05, 0.1) is 24.1 Å². The normalized spacial score (nSPS) is 19.4. The van der Waals surface area contributed by atoms with Crippen molar-refractivity contribution in [1.82, 2.24) is 20.0 Å². The zero-order valence-electron chi connectivity index (χ0n) is 36.7. The summed E-state index contributed by atoms with van der Waals surface area (Å²) >= 11 is 0. The predicted octanol–water partition coefficient (Wildman–Crippen LogP) is 7.31. The minimum absolute atomic E-state index is 0.00542. The maximum absolute atomic E-state index is 14.5. The number of carbonyl (C=O) groups is 4. The Hall–Kier alpha value is -3.24. The standard InChI is InChI=1S/C45H76N4O6/c1-16-30(6)40(47(13)43(52)35(28(2)3)27-38(50)39(29(4)5)48(14)45(10,11)12)31(7)25-32(8)49-24-20-23-37(49)41(55-15)33(9)42(51)46-36(44(53)54)26-34-21-18-17-19-22-34/h17-19,21-22,28-31,33,35-37,39-41H,8,16,20,23-27H2,1-7,9-15H3,(H,46,51)(H,53,54). The number of hydrogen-bond donors (Lipinski definition) is 2. The Labute approximate surface area is 333 Å². The highest BCUT2D eigenvalue weighted by Gasteiger charge is 2.42. The molecular formula is C45H76N4O6. The lowest BCUT2D eigenvalue weighted by Crippen LogP contribution is -2.53. The molecule has 0 bridgehead atoms. The van der Waals surface area contributed by atoms with Crippen LogP contribution in [0.5, 0.6) is 0 Å². The zero-order chi connectivity index (χ0) is 41.9. The van der Waals surface area contributed by atoms with Crippen LogP contribution in [0.15, 0.2) is 42.6 Å². The van der Waals surface area contributed by atoms with Crippen molar-refractivity contribution in [3.05, 3.63) is 48.2 Å². The summed E-state index contributed by atoms with van der Waals surface area (Å²) in [6.07, 6.45) is 3.18. The summed E-state index contributed by atoms with van der Waals surface area (Å²) in [6, 6.07) is 7.75. The topological polar surface area (TPSA) is 119 Å². The van der Waals surface area contributed by atoms with E-state index in [0.717, 1.165) is 37.1 Å². The highest BCUT2D eigenvalue weighted by molar-refractivity contribution is 5.90. The quantitative estimate of drug-likeness (QED) is 0.126. The zero-order valence-corrected chi connectivity index (χ0v) is 36.7. The average molecular weight is 769 g/mol. The van der Waals surface area contributed by atoms with Gasteiger partial charge >= 0.3 is 5.97 Å². The molecule has 1 aromatic carbocycles. The van der Waals surface area contributed by atoms with Crippen molar-refractivity contribution in [1.29, 1.82) is 0 Å². The predicted molar refractivity (Wildman–Crippen MR) is 222 cm³/mol. The Balaban J connectivity index is 2.25. The molecule has 2 N–H and O–H groups in total. The maximum atomic E-state index is 14.5. The van der Waals surface area contributed by atoms with Crippen LogP contribution in [0.1, 0.15) is 114 Å². The fraction of sp³-hybridized carbons (Fsp3) is 0.733. The maximum Gasteiger partial charge on any atom is 0.326 e. The van der Waals surface area contributed by atoms with E-state index in [1.165, 1.54) is 0 Å². The van der Waals surface area contributed by atoms with Crippen LogP contribution in [0, 0.1) is 35.5 Å². The van der Waals surface area contributed by atoms with E-state index in [-0.39, 0.29) is 77.8 Å². The van der Waals surface area contributed by atoms with Gasteiger partial charge < -0.3 is 25.0 Å². The molecule has 1 saturated heterocycles. The molecule has 0 aromatic heterocycles. The molecule has 2 amide bonds. The van der Waals surface area contributed by atoms with Crippen LogP contribution in [0.25, 0.3) is 0 Å². The molecule has 10 heteroatoms. The van der Waals surface area contributed by atoms with E-state index in [1.807, 2.05) is 63.2 Å². The highest BCUT2D eigenvalue weighted by Crippen LogP contribution is 2.35. The Morgan fingerprint density at radius 1 is 0.964 bits per heavy atom. The SMILES string of the molecule is C=C(CC(C)C(C(C)CC)N(C)C(=O)C(CC(=O)C(C(C)C)N(C)C(C)(C)C)C(C)C)N1CCCC1C(OC)C(C)C(=O)NC(Cc1ccccc1)C(=O)O. The van der Waals surface area contributed by atoms with Gasteiger partial charge in [0.25, 0.3) is 0 Å². The minimum Gasteiger partial charge on any atom is -0.480 e. The first-order chi connectivity index (χ1) is 25.6. The number of carboxylic acid groups (broad SMARTS) is 1. The average Bonchev–Trinajstić information content (AvgIpc) is 3.59. The van der Waals surface area contributed by atoms with Crippen molar-refractivity contribution in [2.45, 2.75) is 150 Å². The summed E-state index contributed by atoms with van der Waals surface area (Å²) in [6.45, 7) is 28.2. The minimum atomic E-state index is -1.08. The number of ketones is 1. The van der Waals surface area contributed by atoms with Crippen molar-refractivity contribution in [2.24, 2.45) is 35.5 Å². The van der Waals surface area contributed by atoms with Gasteiger partial charge in [0.1, 0.15) is 6.04 Å². The molecule has 1 aliphatic heterocycles. The van der Waals surface area contributed by atoms with Crippen LogP contribution in [0.2, 0.25) is 0 Å². The van der Waals surface area contributed by atoms with E-state index in [9.17, 15) is 24.3 Å². The summed E-state index contributed by atoms with van der Waals surface area (Å²) in [5.41, 5.74) is 1.58. The molecule has 312 valence electrons. The fourth-order valence-corrected chi connectivity index (χ4v) is 8.71. The van der Waals surface area contributed by atoms with Crippen LogP contribution in [0.3, 0.4) is 0 Å². The monoisotopic (exact) mass is 769 g/mol. The molecule has 1 aromatic rings. The first-order valence-electron chi connectivity index (χ1n) is 20.6. The summed E-state index contributed by atoms with van der Waals surface area (Å²) in [5.74, 6) is -1.98. The van der Waals surface area contributed by atoms with Crippen molar-refractivity contribution in [3.8, 4) is 0 Å². The van der Waals surface area contributed by atoms with E-state index in [0.29, 0.717) is 6.42 Å². The van der Waals surface area contributed by atoms with Crippen molar-refractivity contribution in [3.63, 3.8) is 0 Å². The molecule has 2 rings (SSSR count). The van der Waals surface area contributed by atoms with Crippen molar-refractivity contribution < 1.29 is 29.0 Å². The van der Waals surface area contributed by atoms with Crippen LogP contribution >= 0.6 is 0 Å². The number of rotatable bonds is 22. The number of carboxylic acids is 1. The lowest BCUT2D eigenvalue weighted by atomic mass is 9.81. The van der Waals surface area contributed by atoms with E-state index in [1.54, 1.807) is 14.0 Å². The molecule has 0 spiro atoms. The van der Waals surface area contributed by atoms with E-state index >= 15 is 0 Å². The van der Waals surface area contributed by atoms with E-state index < -0.39 is 30.0 Å². The second kappa shape index (κ2) is 21.3. The van der Waals surface area contributed by atoms with Gasteiger partial charge in [-0.2, -0.15) is 0 Å². The van der Waals surface area contributed by atoms with Crippen LogP contribution in [0.4, 0.5) is 0 Å². The van der Waals surface area contributed by atoms with Gasteiger partial charge in [-0.25, -0.2) is 4.79 Å². The van der Waals surface area contributed by atoms with E-state index in [2.05, 4.69) is 77.1 Å². The van der Waals surface area contributed by atoms with Gasteiger partial charge in [0.2, 0.25) is 11.8 Å². The van der Waals surface area contributed by atoms with Gasteiger partial charge in [-0.1, -0.05) is 98.7 Å².